The molecule has 0 bridgehead atoms. The van der Waals surface area contributed by atoms with Crippen molar-refractivity contribution in [2.45, 2.75) is 46.1 Å². The number of piperidine rings is 1. The van der Waals surface area contributed by atoms with Gasteiger partial charge < -0.3 is 10.2 Å². The number of nitriles is 1. The Hall–Kier alpha value is -2.02. The standard InChI is InChI=1S/C18H25N3O/c1-14(2)16-6-4-5-15(11-16)12-20-17(22)21-9-7-18(3,13-19)8-10-21/h4-6,11,14H,7-10,12H2,1-3H3,(H,20,22). The number of hydrogen-bond acceptors (Lipinski definition) is 2. The molecule has 0 radical (unpaired) electrons. The molecule has 0 aliphatic carbocycles. The molecule has 118 valence electrons. The van der Waals surface area contributed by atoms with Gasteiger partial charge in [-0.1, -0.05) is 38.1 Å². The minimum atomic E-state index is -0.275. The molecule has 1 aromatic rings. The highest BCUT2D eigenvalue weighted by molar-refractivity contribution is 5.74. The van der Waals surface area contributed by atoms with E-state index < -0.39 is 0 Å². The van der Waals surface area contributed by atoms with Gasteiger partial charge >= 0.3 is 6.03 Å². The summed E-state index contributed by atoms with van der Waals surface area (Å²) in [5, 5.41) is 12.1. The summed E-state index contributed by atoms with van der Waals surface area (Å²) < 4.78 is 0. The van der Waals surface area contributed by atoms with Crippen molar-refractivity contribution in [3.63, 3.8) is 0 Å². The number of nitrogens with one attached hydrogen (secondary N) is 1. The summed E-state index contributed by atoms with van der Waals surface area (Å²) in [5.41, 5.74) is 2.13. The lowest BCUT2D eigenvalue weighted by molar-refractivity contribution is 0.156. The third-order valence-electron chi connectivity index (χ3n) is 4.49. The van der Waals surface area contributed by atoms with E-state index in [9.17, 15) is 4.79 Å². The Morgan fingerprint density at radius 3 is 2.68 bits per heavy atom. The van der Waals surface area contributed by atoms with Gasteiger partial charge in [0.25, 0.3) is 0 Å². The summed E-state index contributed by atoms with van der Waals surface area (Å²) >= 11 is 0. The van der Waals surface area contributed by atoms with Crippen LogP contribution >= 0.6 is 0 Å². The summed E-state index contributed by atoms with van der Waals surface area (Å²) in [6, 6.07) is 10.7. The van der Waals surface area contributed by atoms with Crippen molar-refractivity contribution < 1.29 is 4.79 Å². The fourth-order valence-electron chi connectivity index (χ4n) is 2.67. The van der Waals surface area contributed by atoms with Crippen LogP contribution < -0.4 is 5.32 Å². The van der Waals surface area contributed by atoms with Gasteiger partial charge in [-0.2, -0.15) is 5.26 Å². The van der Waals surface area contributed by atoms with Crippen molar-refractivity contribution in [2.75, 3.05) is 13.1 Å². The Kier molecular flexibility index (Phi) is 5.07. The van der Waals surface area contributed by atoms with Crippen molar-refractivity contribution in [3.8, 4) is 6.07 Å². The van der Waals surface area contributed by atoms with E-state index in [1.165, 1.54) is 5.56 Å². The molecule has 4 heteroatoms. The van der Waals surface area contributed by atoms with Crippen molar-refractivity contribution in [1.29, 1.82) is 5.26 Å². The lowest BCUT2D eigenvalue weighted by Gasteiger charge is -2.34. The van der Waals surface area contributed by atoms with E-state index >= 15 is 0 Å². The molecule has 0 aromatic heterocycles. The molecule has 0 saturated carbocycles. The molecule has 1 fully saturated rings. The zero-order chi connectivity index (χ0) is 16.2. The molecule has 0 unspecified atom stereocenters. The van der Waals surface area contributed by atoms with E-state index in [1.54, 1.807) is 0 Å². The predicted octanol–water partition coefficient (Wildman–Crippen LogP) is 3.65. The monoisotopic (exact) mass is 299 g/mol. The second kappa shape index (κ2) is 6.83. The van der Waals surface area contributed by atoms with Gasteiger partial charge in [0, 0.05) is 19.6 Å². The molecule has 1 saturated heterocycles. The van der Waals surface area contributed by atoms with Crippen LogP contribution in [0.2, 0.25) is 0 Å². The Morgan fingerprint density at radius 2 is 2.09 bits per heavy atom. The van der Waals surface area contributed by atoms with Crippen LogP contribution in [0.25, 0.3) is 0 Å². The Balaban J connectivity index is 1.86. The zero-order valence-corrected chi connectivity index (χ0v) is 13.7. The maximum Gasteiger partial charge on any atom is 0.317 e. The highest BCUT2D eigenvalue weighted by Crippen LogP contribution is 2.29. The fraction of sp³-hybridized carbons (Fsp3) is 0.556. The summed E-state index contributed by atoms with van der Waals surface area (Å²) in [7, 11) is 0. The van der Waals surface area contributed by atoms with Gasteiger partial charge in [-0.05, 0) is 36.8 Å². The number of amides is 2. The van der Waals surface area contributed by atoms with Gasteiger partial charge in [0.2, 0.25) is 0 Å². The number of carbonyl (C=O) groups excluding carboxylic acids is 1. The maximum atomic E-state index is 12.2. The summed E-state index contributed by atoms with van der Waals surface area (Å²) in [6.45, 7) is 8.16. The first-order valence-electron chi connectivity index (χ1n) is 7.96. The van der Waals surface area contributed by atoms with Crippen molar-refractivity contribution in [3.05, 3.63) is 35.4 Å². The Labute approximate surface area is 133 Å². The lowest BCUT2D eigenvalue weighted by atomic mass is 9.82. The van der Waals surface area contributed by atoms with Crippen LogP contribution in [-0.4, -0.2) is 24.0 Å². The summed E-state index contributed by atoms with van der Waals surface area (Å²) in [6.07, 6.45) is 1.50. The summed E-state index contributed by atoms with van der Waals surface area (Å²) in [5.74, 6) is 0.487. The molecule has 2 amide bonds. The van der Waals surface area contributed by atoms with Gasteiger partial charge in [0.05, 0.1) is 11.5 Å². The predicted molar refractivity (Wildman–Crippen MR) is 87.3 cm³/mol. The second-order valence-corrected chi connectivity index (χ2v) is 6.72. The number of hydrogen-bond donors (Lipinski definition) is 1. The molecule has 1 heterocycles. The van der Waals surface area contributed by atoms with Crippen LogP contribution in [0.15, 0.2) is 24.3 Å². The SMILES string of the molecule is CC(C)c1cccc(CNC(=O)N2CCC(C)(C#N)CC2)c1. The highest BCUT2D eigenvalue weighted by Gasteiger charge is 2.31. The van der Waals surface area contributed by atoms with Crippen LogP contribution in [0.1, 0.15) is 50.7 Å². The third kappa shape index (κ3) is 4.00. The molecular formula is C18H25N3O. The van der Waals surface area contributed by atoms with Gasteiger partial charge in [-0.25, -0.2) is 4.79 Å². The fourth-order valence-corrected chi connectivity index (χ4v) is 2.67. The average Bonchev–Trinajstić information content (AvgIpc) is 2.53. The molecular weight excluding hydrogens is 274 g/mol. The first kappa shape index (κ1) is 16.4. The minimum absolute atomic E-state index is 0.0325. The van der Waals surface area contributed by atoms with Crippen molar-refractivity contribution in [1.82, 2.24) is 10.2 Å². The van der Waals surface area contributed by atoms with Crippen LogP contribution in [0.3, 0.4) is 0 Å². The van der Waals surface area contributed by atoms with E-state index in [-0.39, 0.29) is 11.4 Å². The largest absolute Gasteiger partial charge is 0.334 e. The third-order valence-corrected chi connectivity index (χ3v) is 4.49. The molecule has 1 N–H and O–H groups in total. The summed E-state index contributed by atoms with van der Waals surface area (Å²) in [4.78, 5) is 14.0. The average molecular weight is 299 g/mol. The minimum Gasteiger partial charge on any atom is -0.334 e. The van der Waals surface area contributed by atoms with Crippen LogP contribution in [0.5, 0.6) is 0 Å². The van der Waals surface area contributed by atoms with Gasteiger partial charge in [-0.3, -0.25) is 0 Å². The first-order valence-corrected chi connectivity index (χ1v) is 7.96. The van der Waals surface area contributed by atoms with Crippen LogP contribution in [0.4, 0.5) is 4.79 Å². The molecule has 1 aliphatic heterocycles. The van der Waals surface area contributed by atoms with Gasteiger partial charge in [-0.15, -0.1) is 0 Å². The number of urea groups is 1. The van der Waals surface area contributed by atoms with E-state index in [1.807, 2.05) is 24.0 Å². The molecule has 1 aromatic carbocycles. The van der Waals surface area contributed by atoms with E-state index in [2.05, 4.69) is 37.4 Å². The van der Waals surface area contributed by atoms with Crippen LogP contribution in [-0.2, 0) is 6.54 Å². The molecule has 0 atom stereocenters. The molecule has 0 spiro atoms. The number of carbonyl (C=O) groups is 1. The maximum absolute atomic E-state index is 12.2. The number of rotatable bonds is 3. The topological polar surface area (TPSA) is 56.1 Å². The number of benzene rings is 1. The molecule has 22 heavy (non-hydrogen) atoms. The first-order chi connectivity index (χ1) is 10.4. The smallest absolute Gasteiger partial charge is 0.317 e. The number of nitrogens with zero attached hydrogens (tertiary/aromatic N) is 2. The lowest BCUT2D eigenvalue weighted by Crippen LogP contribution is -2.46. The quantitative estimate of drug-likeness (QED) is 0.926. The zero-order valence-electron chi connectivity index (χ0n) is 13.7. The Morgan fingerprint density at radius 1 is 1.41 bits per heavy atom. The van der Waals surface area contributed by atoms with Gasteiger partial charge in [0.1, 0.15) is 0 Å². The van der Waals surface area contributed by atoms with E-state index in [0.29, 0.717) is 25.6 Å². The normalized spacial score (nSPS) is 17.1. The van der Waals surface area contributed by atoms with E-state index in [0.717, 1.165) is 18.4 Å². The molecule has 4 nitrogen and oxygen atoms in total. The van der Waals surface area contributed by atoms with Crippen molar-refractivity contribution >= 4 is 6.03 Å². The number of likely N-dealkylation sites (tertiary alicyclic amines) is 1. The van der Waals surface area contributed by atoms with E-state index in [4.69, 9.17) is 5.26 Å². The molecule has 2 rings (SSSR count). The molecule has 1 aliphatic rings. The second-order valence-electron chi connectivity index (χ2n) is 6.72. The van der Waals surface area contributed by atoms with Crippen LogP contribution in [0, 0.1) is 16.7 Å². The van der Waals surface area contributed by atoms with Gasteiger partial charge in [0.15, 0.2) is 0 Å². The highest BCUT2D eigenvalue weighted by atomic mass is 16.2. The Bertz CT molecular complexity index is 566. The van der Waals surface area contributed by atoms with Crippen molar-refractivity contribution in [2.24, 2.45) is 5.41 Å².